The van der Waals surface area contributed by atoms with Gasteiger partial charge in [-0.2, -0.15) is 0 Å². The lowest BCUT2D eigenvalue weighted by Gasteiger charge is -2.38. The SMILES string of the molecule is CCCCCC1CCC(C2CCC(c3ccc(CCO)c(F)c3)CC2)CC1. The van der Waals surface area contributed by atoms with Gasteiger partial charge in [0.2, 0.25) is 0 Å². The first-order valence-corrected chi connectivity index (χ1v) is 11.6. The lowest BCUT2D eigenvalue weighted by Crippen LogP contribution is -2.25. The Kier molecular flexibility index (Phi) is 8.18. The van der Waals surface area contributed by atoms with E-state index in [0.29, 0.717) is 17.9 Å². The average Bonchev–Trinajstić information content (AvgIpc) is 2.71. The summed E-state index contributed by atoms with van der Waals surface area (Å²) < 4.78 is 14.2. The second kappa shape index (κ2) is 10.6. The quantitative estimate of drug-likeness (QED) is 0.485. The zero-order valence-electron chi connectivity index (χ0n) is 17.3. The molecule has 1 N–H and O–H groups in total. The van der Waals surface area contributed by atoms with E-state index >= 15 is 0 Å². The van der Waals surface area contributed by atoms with Gasteiger partial charge in [0.05, 0.1) is 0 Å². The maximum Gasteiger partial charge on any atom is 0.126 e. The molecule has 2 aliphatic rings. The monoisotopic (exact) mass is 374 g/mol. The molecule has 2 fully saturated rings. The van der Waals surface area contributed by atoms with Crippen molar-refractivity contribution in [2.24, 2.45) is 17.8 Å². The van der Waals surface area contributed by atoms with Crippen LogP contribution in [0.5, 0.6) is 0 Å². The summed E-state index contributed by atoms with van der Waals surface area (Å²) in [4.78, 5) is 0. The van der Waals surface area contributed by atoms with Crippen molar-refractivity contribution in [2.75, 3.05) is 6.61 Å². The van der Waals surface area contributed by atoms with E-state index in [1.165, 1.54) is 82.6 Å². The van der Waals surface area contributed by atoms with Gasteiger partial charge in [-0.15, -0.1) is 0 Å². The van der Waals surface area contributed by atoms with E-state index in [4.69, 9.17) is 5.11 Å². The van der Waals surface area contributed by atoms with Crippen LogP contribution in [0.2, 0.25) is 0 Å². The first kappa shape index (κ1) is 20.8. The van der Waals surface area contributed by atoms with Crippen molar-refractivity contribution in [1.82, 2.24) is 0 Å². The molecule has 3 rings (SSSR count). The van der Waals surface area contributed by atoms with E-state index in [-0.39, 0.29) is 12.4 Å². The Morgan fingerprint density at radius 1 is 0.926 bits per heavy atom. The molecule has 0 heterocycles. The molecule has 0 spiro atoms. The predicted molar refractivity (Wildman–Crippen MR) is 111 cm³/mol. The van der Waals surface area contributed by atoms with Crippen LogP contribution < -0.4 is 0 Å². The molecule has 152 valence electrons. The van der Waals surface area contributed by atoms with Crippen LogP contribution in [0, 0.1) is 23.6 Å². The highest BCUT2D eigenvalue weighted by Crippen LogP contribution is 2.44. The molecule has 1 aromatic rings. The van der Waals surface area contributed by atoms with Crippen LogP contribution in [-0.4, -0.2) is 11.7 Å². The first-order valence-electron chi connectivity index (χ1n) is 11.6. The van der Waals surface area contributed by atoms with Crippen molar-refractivity contribution in [3.05, 3.63) is 35.1 Å². The highest BCUT2D eigenvalue weighted by molar-refractivity contribution is 5.27. The Hall–Kier alpha value is -0.890. The van der Waals surface area contributed by atoms with Crippen LogP contribution in [0.15, 0.2) is 18.2 Å². The Balaban J connectivity index is 1.43. The number of aliphatic hydroxyl groups is 1. The van der Waals surface area contributed by atoms with E-state index < -0.39 is 0 Å². The van der Waals surface area contributed by atoms with E-state index in [1.54, 1.807) is 6.07 Å². The maximum atomic E-state index is 14.2. The molecule has 2 heteroatoms. The van der Waals surface area contributed by atoms with Gasteiger partial charge in [-0.1, -0.05) is 57.6 Å². The molecule has 0 amide bonds. The number of benzene rings is 1. The molecular weight excluding hydrogens is 335 g/mol. The average molecular weight is 375 g/mol. The van der Waals surface area contributed by atoms with Gasteiger partial charge in [0.15, 0.2) is 0 Å². The Morgan fingerprint density at radius 2 is 1.59 bits per heavy atom. The summed E-state index contributed by atoms with van der Waals surface area (Å²) in [6.07, 6.45) is 17.0. The third-order valence-electron chi connectivity index (χ3n) is 7.48. The number of unbranched alkanes of at least 4 members (excludes halogenated alkanes) is 2. The summed E-state index contributed by atoms with van der Waals surface area (Å²) >= 11 is 0. The zero-order valence-corrected chi connectivity index (χ0v) is 17.3. The molecule has 0 aliphatic heterocycles. The summed E-state index contributed by atoms with van der Waals surface area (Å²) in [6, 6.07) is 5.71. The summed E-state index contributed by atoms with van der Waals surface area (Å²) in [6.45, 7) is 2.31. The molecule has 0 bridgehead atoms. The Bertz CT molecular complexity index is 553. The highest BCUT2D eigenvalue weighted by atomic mass is 19.1. The maximum absolute atomic E-state index is 14.2. The fourth-order valence-electron chi connectivity index (χ4n) is 5.70. The third kappa shape index (κ3) is 5.79. The van der Waals surface area contributed by atoms with E-state index in [9.17, 15) is 4.39 Å². The Labute approximate surface area is 165 Å². The van der Waals surface area contributed by atoms with E-state index in [0.717, 1.165) is 17.8 Å². The van der Waals surface area contributed by atoms with Crippen LogP contribution in [0.4, 0.5) is 4.39 Å². The van der Waals surface area contributed by atoms with Crippen molar-refractivity contribution in [1.29, 1.82) is 0 Å². The fraction of sp³-hybridized carbons (Fsp3) is 0.760. The lowest BCUT2D eigenvalue weighted by molar-refractivity contribution is 0.155. The van der Waals surface area contributed by atoms with Crippen molar-refractivity contribution < 1.29 is 9.50 Å². The van der Waals surface area contributed by atoms with E-state index in [1.807, 2.05) is 6.07 Å². The minimum absolute atomic E-state index is 0.0161. The molecule has 0 aromatic heterocycles. The standard InChI is InChI=1S/C25H39FO/c1-2-3-4-5-19-6-8-20(9-7-19)21-10-12-22(13-11-21)24-15-14-23(16-17-27)25(26)18-24/h14-15,18-22,27H,2-13,16-17H2,1H3. The van der Waals surface area contributed by atoms with Gasteiger partial charge in [0, 0.05) is 6.61 Å². The summed E-state index contributed by atoms with van der Waals surface area (Å²) in [7, 11) is 0. The predicted octanol–water partition coefficient (Wildman–Crippen LogP) is 7.02. The molecule has 1 aromatic carbocycles. The third-order valence-corrected chi connectivity index (χ3v) is 7.48. The smallest absolute Gasteiger partial charge is 0.126 e. The van der Waals surface area contributed by atoms with Gasteiger partial charge in [0.1, 0.15) is 5.82 Å². The molecule has 0 unspecified atom stereocenters. The van der Waals surface area contributed by atoms with Crippen molar-refractivity contribution in [3.63, 3.8) is 0 Å². The number of hydrogen-bond donors (Lipinski definition) is 1. The van der Waals surface area contributed by atoms with Gasteiger partial charge in [-0.25, -0.2) is 4.39 Å². The van der Waals surface area contributed by atoms with Crippen molar-refractivity contribution in [3.8, 4) is 0 Å². The van der Waals surface area contributed by atoms with Crippen LogP contribution in [0.1, 0.15) is 101 Å². The molecule has 27 heavy (non-hydrogen) atoms. The van der Waals surface area contributed by atoms with Crippen molar-refractivity contribution in [2.45, 2.75) is 96.3 Å². The number of rotatable bonds is 8. The first-order chi connectivity index (χ1) is 13.2. The Morgan fingerprint density at radius 3 is 2.19 bits per heavy atom. The van der Waals surface area contributed by atoms with Gasteiger partial charge < -0.3 is 5.11 Å². The van der Waals surface area contributed by atoms with Crippen LogP contribution >= 0.6 is 0 Å². The normalized spacial score (nSPS) is 29.0. The number of halogens is 1. The van der Waals surface area contributed by atoms with Gasteiger partial charge in [0.25, 0.3) is 0 Å². The topological polar surface area (TPSA) is 20.2 Å². The van der Waals surface area contributed by atoms with Crippen LogP contribution in [0.25, 0.3) is 0 Å². The van der Waals surface area contributed by atoms with Gasteiger partial charge in [-0.3, -0.25) is 0 Å². The minimum atomic E-state index is -0.134. The van der Waals surface area contributed by atoms with Crippen LogP contribution in [-0.2, 0) is 6.42 Å². The van der Waals surface area contributed by atoms with E-state index in [2.05, 4.69) is 13.0 Å². The fourth-order valence-corrected chi connectivity index (χ4v) is 5.70. The largest absolute Gasteiger partial charge is 0.396 e. The molecule has 0 radical (unpaired) electrons. The molecule has 2 aliphatic carbocycles. The van der Waals surface area contributed by atoms with Gasteiger partial charge >= 0.3 is 0 Å². The molecule has 1 nitrogen and oxygen atoms in total. The van der Waals surface area contributed by atoms with Crippen LogP contribution in [0.3, 0.4) is 0 Å². The minimum Gasteiger partial charge on any atom is -0.396 e. The molecule has 2 saturated carbocycles. The highest BCUT2D eigenvalue weighted by Gasteiger charge is 2.31. The molecular formula is C25H39FO. The molecule has 0 saturated heterocycles. The summed E-state index contributed by atoms with van der Waals surface area (Å²) in [5.41, 5.74) is 1.82. The lowest BCUT2D eigenvalue weighted by atomic mass is 9.68. The second-order valence-electron chi connectivity index (χ2n) is 9.21. The summed E-state index contributed by atoms with van der Waals surface area (Å²) in [5, 5.41) is 9.02. The summed E-state index contributed by atoms with van der Waals surface area (Å²) in [5.74, 6) is 3.27. The zero-order chi connectivity index (χ0) is 19.1. The number of aliphatic hydroxyl groups excluding tert-OH is 1. The number of hydrogen-bond acceptors (Lipinski definition) is 1. The second-order valence-corrected chi connectivity index (χ2v) is 9.21. The van der Waals surface area contributed by atoms with Gasteiger partial charge in [-0.05, 0) is 85.8 Å². The van der Waals surface area contributed by atoms with Crippen molar-refractivity contribution >= 4 is 0 Å². The molecule has 0 atom stereocenters.